The second-order valence-electron chi connectivity index (χ2n) is 9.53. The molecule has 1 amide bonds. The van der Waals surface area contributed by atoms with Gasteiger partial charge in [0.15, 0.2) is 0 Å². The van der Waals surface area contributed by atoms with E-state index < -0.39 is 0 Å². The first-order valence-corrected chi connectivity index (χ1v) is 12.7. The van der Waals surface area contributed by atoms with Crippen LogP contribution in [0.4, 0.5) is 0 Å². The lowest BCUT2D eigenvalue weighted by molar-refractivity contribution is 0.0304. The van der Waals surface area contributed by atoms with Crippen molar-refractivity contribution >= 4 is 22.9 Å². The zero-order chi connectivity index (χ0) is 24.2. The first kappa shape index (κ1) is 23.5. The maximum atomic E-state index is 13.2. The van der Waals surface area contributed by atoms with Crippen molar-refractivity contribution in [2.45, 2.75) is 45.1 Å². The van der Waals surface area contributed by atoms with Gasteiger partial charge in [0.2, 0.25) is 0 Å². The molecule has 3 aromatic rings. The molecule has 35 heavy (non-hydrogen) atoms. The molecule has 1 aliphatic carbocycles. The number of carbonyl (C=O) groups is 2. The number of aromatic nitrogens is 2. The normalized spacial score (nSPS) is 20.7. The summed E-state index contributed by atoms with van der Waals surface area (Å²) in [5, 5.41) is 0. The fourth-order valence-electron chi connectivity index (χ4n) is 5.43. The molecular weight excluding hydrogens is 442 g/mol. The first-order valence-electron chi connectivity index (χ1n) is 12.7. The van der Waals surface area contributed by atoms with Crippen LogP contribution >= 0.6 is 0 Å². The van der Waals surface area contributed by atoms with Gasteiger partial charge in [-0.3, -0.25) is 9.78 Å². The van der Waals surface area contributed by atoms with Crippen molar-refractivity contribution in [3.8, 4) is 0 Å². The number of amides is 1. The van der Waals surface area contributed by atoms with Crippen LogP contribution < -0.4 is 0 Å². The summed E-state index contributed by atoms with van der Waals surface area (Å²) in [6.45, 7) is 5.54. The maximum Gasteiger partial charge on any atom is 0.338 e. The molecule has 0 unspecified atom stereocenters. The molecule has 0 spiro atoms. The van der Waals surface area contributed by atoms with Crippen LogP contribution in [0.2, 0.25) is 0 Å². The number of morpholine rings is 1. The van der Waals surface area contributed by atoms with Crippen LogP contribution in [0.5, 0.6) is 0 Å². The molecule has 2 aromatic heterocycles. The number of hydrogen-bond donors (Lipinski definition) is 0. The van der Waals surface area contributed by atoms with Crippen molar-refractivity contribution in [2.24, 2.45) is 5.92 Å². The molecule has 1 aromatic carbocycles. The molecule has 2 aliphatic rings. The molecule has 5 rings (SSSR count). The summed E-state index contributed by atoms with van der Waals surface area (Å²) in [6.07, 6.45) is 8.30. The van der Waals surface area contributed by atoms with Crippen LogP contribution in [0.15, 0.2) is 48.8 Å². The lowest BCUT2D eigenvalue weighted by Crippen LogP contribution is -2.40. The van der Waals surface area contributed by atoms with Crippen LogP contribution in [0.3, 0.4) is 0 Å². The Hall–Kier alpha value is -3.19. The van der Waals surface area contributed by atoms with E-state index in [1.54, 1.807) is 6.20 Å². The van der Waals surface area contributed by atoms with Gasteiger partial charge >= 0.3 is 5.97 Å². The Balaban J connectivity index is 1.25. The topological polar surface area (TPSA) is 73.7 Å². The number of rotatable bonds is 6. The molecule has 0 atom stereocenters. The van der Waals surface area contributed by atoms with E-state index in [0.29, 0.717) is 55.9 Å². The van der Waals surface area contributed by atoms with E-state index in [0.717, 1.165) is 43.3 Å². The molecule has 7 nitrogen and oxygen atoms in total. The van der Waals surface area contributed by atoms with Gasteiger partial charge in [0.05, 0.1) is 36.5 Å². The second-order valence-corrected chi connectivity index (χ2v) is 9.53. The lowest BCUT2D eigenvalue weighted by Gasteiger charge is -2.29. The summed E-state index contributed by atoms with van der Waals surface area (Å²) in [4.78, 5) is 31.6. The van der Waals surface area contributed by atoms with E-state index in [1.807, 2.05) is 36.2 Å². The van der Waals surface area contributed by atoms with Crippen LogP contribution in [0, 0.1) is 5.92 Å². The average molecular weight is 476 g/mol. The molecule has 1 saturated carbocycles. The van der Waals surface area contributed by atoms with Gasteiger partial charge in [-0.2, -0.15) is 0 Å². The minimum Gasteiger partial charge on any atom is -0.462 e. The van der Waals surface area contributed by atoms with Crippen LogP contribution in [-0.2, 0) is 16.0 Å². The van der Waals surface area contributed by atoms with Crippen LogP contribution in [0.1, 0.15) is 64.8 Å². The van der Waals surface area contributed by atoms with Gasteiger partial charge in [0.25, 0.3) is 5.91 Å². The maximum absolute atomic E-state index is 13.2. The standard InChI is InChI=1S/C28H33N3O4/c1-2-35-28(33)23-11-9-22(10-12-23)21-7-5-20(6-8-21)18-31-19-24(26-25(31)4-3-13-29-26)27(32)30-14-16-34-17-15-30/h3-4,9-13,19-21H,2,5-8,14-18H2,1H3. The van der Waals surface area contributed by atoms with Crippen molar-refractivity contribution in [2.75, 3.05) is 32.9 Å². The summed E-state index contributed by atoms with van der Waals surface area (Å²) in [5.41, 5.74) is 4.42. The zero-order valence-electron chi connectivity index (χ0n) is 20.3. The smallest absolute Gasteiger partial charge is 0.338 e. The van der Waals surface area contributed by atoms with E-state index in [2.05, 4.69) is 27.8 Å². The lowest BCUT2D eigenvalue weighted by atomic mass is 9.78. The Morgan fingerprint density at radius 2 is 1.80 bits per heavy atom. The molecular formula is C28H33N3O4. The Kier molecular flexibility index (Phi) is 7.13. The van der Waals surface area contributed by atoms with Gasteiger partial charge in [0.1, 0.15) is 5.52 Å². The van der Waals surface area contributed by atoms with E-state index in [1.165, 1.54) is 5.56 Å². The molecule has 3 heterocycles. The number of benzene rings is 1. The number of esters is 1. The number of ether oxygens (including phenoxy) is 2. The Morgan fingerprint density at radius 3 is 2.51 bits per heavy atom. The molecule has 0 radical (unpaired) electrons. The third kappa shape index (κ3) is 5.10. The van der Waals surface area contributed by atoms with Gasteiger partial charge in [-0.15, -0.1) is 0 Å². The number of carbonyl (C=O) groups excluding carboxylic acids is 2. The highest BCUT2D eigenvalue weighted by Gasteiger charge is 2.26. The molecule has 1 aliphatic heterocycles. The van der Waals surface area contributed by atoms with Crippen LogP contribution in [0.25, 0.3) is 11.0 Å². The minimum atomic E-state index is -0.261. The molecule has 1 saturated heterocycles. The van der Waals surface area contributed by atoms with Gasteiger partial charge in [-0.25, -0.2) is 4.79 Å². The molecule has 0 bridgehead atoms. The van der Waals surface area contributed by atoms with Gasteiger partial charge < -0.3 is 18.9 Å². The van der Waals surface area contributed by atoms with Crippen molar-refractivity contribution < 1.29 is 19.1 Å². The molecule has 184 valence electrons. The van der Waals surface area contributed by atoms with E-state index >= 15 is 0 Å². The fourth-order valence-corrected chi connectivity index (χ4v) is 5.43. The molecule has 7 heteroatoms. The minimum absolute atomic E-state index is 0.0470. The highest BCUT2D eigenvalue weighted by Crippen LogP contribution is 2.37. The summed E-state index contributed by atoms with van der Waals surface area (Å²) in [6, 6.07) is 11.9. The Morgan fingerprint density at radius 1 is 1.06 bits per heavy atom. The summed E-state index contributed by atoms with van der Waals surface area (Å²) >= 11 is 0. The van der Waals surface area contributed by atoms with Crippen molar-refractivity contribution in [1.82, 2.24) is 14.5 Å². The van der Waals surface area contributed by atoms with E-state index in [-0.39, 0.29) is 11.9 Å². The van der Waals surface area contributed by atoms with Crippen LogP contribution in [-0.4, -0.2) is 59.2 Å². The fraction of sp³-hybridized carbons (Fsp3) is 0.464. The van der Waals surface area contributed by atoms with Crippen molar-refractivity contribution in [3.63, 3.8) is 0 Å². The van der Waals surface area contributed by atoms with E-state index in [9.17, 15) is 9.59 Å². The zero-order valence-corrected chi connectivity index (χ0v) is 20.3. The number of pyridine rings is 1. The summed E-state index contributed by atoms with van der Waals surface area (Å²) < 4.78 is 12.7. The highest BCUT2D eigenvalue weighted by molar-refractivity contribution is 6.05. The van der Waals surface area contributed by atoms with E-state index in [4.69, 9.17) is 9.47 Å². The molecule has 0 N–H and O–H groups in total. The Labute approximate surface area is 206 Å². The molecule has 2 fully saturated rings. The second kappa shape index (κ2) is 10.6. The third-order valence-corrected chi connectivity index (χ3v) is 7.36. The first-order chi connectivity index (χ1) is 17.1. The number of hydrogen-bond acceptors (Lipinski definition) is 5. The Bertz CT molecular complexity index is 1170. The highest BCUT2D eigenvalue weighted by atomic mass is 16.5. The third-order valence-electron chi connectivity index (χ3n) is 7.36. The van der Waals surface area contributed by atoms with Gasteiger partial charge in [0, 0.05) is 32.0 Å². The number of nitrogens with zero attached hydrogens (tertiary/aromatic N) is 3. The number of fused-ring (bicyclic) bond motifs is 1. The summed E-state index contributed by atoms with van der Waals surface area (Å²) in [7, 11) is 0. The van der Waals surface area contributed by atoms with Crippen molar-refractivity contribution in [1.29, 1.82) is 0 Å². The van der Waals surface area contributed by atoms with Gasteiger partial charge in [-0.1, -0.05) is 12.1 Å². The van der Waals surface area contributed by atoms with Crippen molar-refractivity contribution in [3.05, 3.63) is 65.5 Å². The summed E-state index contributed by atoms with van der Waals surface area (Å²) in [5.74, 6) is 0.865. The quantitative estimate of drug-likeness (QED) is 0.485. The average Bonchev–Trinajstić information content (AvgIpc) is 3.28. The monoisotopic (exact) mass is 475 g/mol. The predicted molar refractivity (Wildman–Crippen MR) is 134 cm³/mol. The van der Waals surface area contributed by atoms with Gasteiger partial charge in [-0.05, 0) is 74.3 Å². The predicted octanol–water partition coefficient (Wildman–Crippen LogP) is 4.66. The largest absolute Gasteiger partial charge is 0.462 e. The SMILES string of the molecule is CCOC(=O)c1ccc(C2CCC(Cn3cc(C(=O)N4CCOCC4)c4ncccc43)CC2)cc1.